The molecule has 0 atom stereocenters. The van der Waals surface area contributed by atoms with E-state index < -0.39 is 5.41 Å². The molecule has 2 heteroatoms. The van der Waals surface area contributed by atoms with Gasteiger partial charge >= 0.3 is 0 Å². The van der Waals surface area contributed by atoms with Crippen LogP contribution in [-0.4, -0.2) is 5.78 Å². The van der Waals surface area contributed by atoms with Crippen LogP contribution in [0.5, 0.6) is 0 Å². The maximum atomic E-state index is 13.1. The van der Waals surface area contributed by atoms with Crippen LogP contribution in [0, 0.1) is 25.1 Å². The van der Waals surface area contributed by atoms with E-state index in [1.165, 1.54) is 12.1 Å². The molecule has 0 saturated carbocycles. The van der Waals surface area contributed by atoms with Crippen LogP contribution in [0.4, 0.5) is 4.39 Å². The smallest absolute Gasteiger partial charge is 0.168 e. The van der Waals surface area contributed by atoms with Gasteiger partial charge in [0.05, 0.1) is 0 Å². The van der Waals surface area contributed by atoms with Crippen molar-refractivity contribution < 1.29 is 9.18 Å². The van der Waals surface area contributed by atoms with Gasteiger partial charge in [-0.3, -0.25) is 4.79 Å². The van der Waals surface area contributed by atoms with E-state index in [9.17, 15) is 9.18 Å². The predicted molar refractivity (Wildman–Crippen MR) is 59.7 cm³/mol. The number of aryl methyl sites for hydroxylation is 2. The largest absolute Gasteiger partial charge is 0.294 e. The van der Waals surface area contributed by atoms with Gasteiger partial charge in [0.2, 0.25) is 0 Å². The summed E-state index contributed by atoms with van der Waals surface area (Å²) in [4.78, 5) is 12.1. The zero-order valence-corrected chi connectivity index (χ0v) is 9.94. The fourth-order valence-electron chi connectivity index (χ4n) is 1.64. The normalized spacial score (nSPS) is 11.6. The van der Waals surface area contributed by atoms with E-state index >= 15 is 0 Å². The van der Waals surface area contributed by atoms with Gasteiger partial charge in [0.25, 0.3) is 0 Å². The number of hydrogen-bond acceptors (Lipinski definition) is 1. The van der Waals surface area contributed by atoms with Crippen molar-refractivity contribution in [1.29, 1.82) is 0 Å². The highest BCUT2D eigenvalue weighted by atomic mass is 19.1. The SMILES string of the molecule is Cc1cc(F)cc(C)c1C(=O)C(C)(C)C. The predicted octanol–water partition coefficient (Wildman–Crippen LogP) is 3.67. The first kappa shape index (κ1) is 11.9. The highest BCUT2D eigenvalue weighted by Gasteiger charge is 2.25. The van der Waals surface area contributed by atoms with Crippen LogP contribution < -0.4 is 0 Å². The van der Waals surface area contributed by atoms with Gasteiger partial charge in [0.1, 0.15) is 5.82 Å². The minimum Gasteiger partial charge on any atom is -0.294 e. The van der Waals surface area contributed by atoms with Crippen LogP contribution in [-0.2, 0) is 0 Å². The first-order valence-electron chi connectivity index (χ1n) is 5.05. The molecule has 0 aliphatic heterocycles. The second-order valence-electron chi connectivity index (χ2n) is 4.99. The molecule has 0 aliphatic carbocycles. The lowest BCUT2D eigenvalue weighted by Crippen LogP contribution is -2.22. The Morgan fingerprint density at radius 3 is 1.87 bits per heavy atom. The van der Waals surface area contributed by atoms with Gasteiger partial charge < -0.3 is 0 Å². The molecule has 0 N–H and O–H groups in total. The lowest BCUT2D eigenvalue weighted by atomic mass is 9.83. The minimum atomic E-state index is -0.423. The lowest BCUT2D eigenvalue weighted by Gasteiger charge is -2.19. The molecule has 0 unspecified atom stereocenters. The topological polar surface area (TPSA) is 17.1 Å². The lowest BCUT2D eigenvalue weighted by molar-refractivity contribution is 0.0857. The molecular weight excluding hydrogens is 191 g/mol. The quantitative estimate of drug-likeness (QED) is 0.643. The summed E-state index contributed by atoms with van der Waals surface area (Å²) in [5.41, 5.74) is 1.66. The number of rotatable bonds is 1. The molecule has 1 rings (SSSR count). The molecule has 0 radical (unpaired) electrons. The van der Waals surface area contributed by atoms with Crippen LogP contribution in [0.25, 0.3) is 0 Å². The summed E-state index contributed by atoms with van der Waals surface area (Å²) in [5, 5.41) is 0. The summed E-state index contributed by atoms with van der Waals surface area (Å²) in [7, 11) is 0. The first-order valence-corrected chi connectivity index (χ1v) is 5.05. The Hall–Kier alpha value is -1.18. The summed E-state index contributed by atoms with van der Waals surface area (Å²) in [6.45, 7) is 9.16. The Labute approximate surface area is 90.3 Å². The highest BCUT2D eigenvalue weighted by molar-refractivity contribution is 6.02. The van der Waals surface area contributed by atoms with Crippen molar-refractivity contribution in [3.8, 4) is 0 Å². The zero-order valence-electron chi connectivity index (χ0n) is 9.94. The van der Waals surface area contributed by atoms with Gasteiger partial charge in [0.15, 0.2) is 5.78 Å². The summed E-state index contributed by atoms with van der Waals surface area (Å²) in [6.07, 6.45) is 0. The van der Waals surface area contributed by atoms with Crippen LogP contribution in [0.3, 0.4) is 0 Å². The Morgan fingerprint density at radius 1 is 1.13 bits per heavy atom. The molecule has 0 bridgehead atoms. The number of hydrogen-bond donors (Lipinski definition) is 0. The van der Waals surface area contributed by atoms with E-state index in [1.807, 2.05) is 20.8 Å². The van der Waals surface area contributed by atoms with Gasteiger partial charge in [-0.2, -0.15) is 0 Å². The monoisotopic (exact) mass is 208 g/mol. The molecule has 0 saturated heterocycles. The van der Waals surface area contributed by atoms with Gasteiger partial charge in [-0.1, -0.05) is 20.8 Å². The van der Waals surface area contributed by atoms with Crippen molar-refractivity contribution in [1.82, 2.24) is 0 Å². The van der Waals surface area contributed by atoms with Crippen molar-refractivity contribution in [3.05, 3.63) is 34.6 Å². The van der Waals surface area contributed by atoms with Crippen LogP contribution in [0.15, 0.2) is 12.1 Å². The third-order valence-electron chi connectivity index (χ3n) is 2.41. The van der Waals surface area contributed by atoms with Gasteiger partial charge in [0, 0.05) is 11.0 Å². The number of carbonyl (C=O) groups is 1. The van der Waals surface area contributed by atoms with Gasteiger partial charge in [-0.15, -0.1) is 0 Å². The van der Waals surface area contributed by atoms with Crippen molar-refractivity contribution in [2.45, 2.75) is 34.6 Å². The van der Waals surface area contributed by atoms with E-state index in [1.54, 1.807) is 13.8 Å². The van der Waals surface area contributed by atoms with Crippen LogP contribution in [0.2, 0.25) is 0 Å². The van der Waals surface area contributed by atoms with Crippen molar-refractivity contribution in [2.75, 3.05) is 0 Å². The molecular formula is C13H17FO. The number of Topliss-reactive ketones (excluding diaryl/α,β-unsaturated/α-hetero) is 1. The number of benzene rings is 1. The third-order valence-corrected chi connectivity index (χ3v) is 2.41. The van der Waals surface area contributed by atoms with E-state index in [0.717, 1.165) is 0 Å². The first-order chi connectivity index (χ1) is 6.73. The molecule has 82 valence electrons. The van der Waals surface area contributed by atoms with Crippen LogP contribution in [0.1, 0.15) is 42.3 Å². The molecule has 0 amide bonds. The molecule has 0 aliphatic rings. The second kappa shape index (κ2) is 3.76. The molecule has 1 aromatic carbocycles. The maximum Gasteiger partial charge on any atom is 0.168 e. The van der Waals surface area contributed by atoms with Crippen molar-refractivity contribution in [2.24, 2.45) is 5.41 Å². The zero-order chi connectivity index (χ0) is 11.8. The van der Waals surface area contributed by atoms with Gasteiger partial charge in [-0.25, -0.2) is 4.39 Å². The number of carbonyl (C=O) groups excluding carboxylic acids is 1. The molecule has 0 fully saturated rings. The fourth-order valence-corrected chi connectivity index (χ4v) is 1.64. The van der Waals surface area contributed by atoms with Crippen molar-refractivity contribution in [3.63, 3.8) is 0 Å². The standard InChI is InChI=1S/C13H17FO/c1-8-6-10(14)7-9(2)11(8)12(15)13(3,4)5/h6-7H,1-5H3. The van der Waals surface area contributed by atoms with Crippen LogP contribution >= 0.6 is 0 Å². The Bertz CT molecular complexity index is 376. The third kappa shape index (κ3) is 2.44. The van der Waals surface area contributed by atoms with Crippen molar-refractivity contribution >= 4 is 5.78 Å². The second-order valence-corrected chi connectivity index (χ2v) is 4.99. The van der Waals surface area contributed by atoms with E-state index in [2.05, 4.69) is 0 Å². The number of ketones is 1. The molecule has 0 spiro atoms. The number of halogens is 1. The summed E-state index contributed by atoms with van der Waals surface area (Å²) in [6, 6.07) is 2.82. The van der Waals surface area contributed by atoms with E-state index in [0.29, 0.717) is 16.7 Å². The van der Waals surface area contributed by atoms with E-state index in [-0.39, 0.29) is 11.6 Å². The average molecular weight is 208 g/mol. The molecule has 1 nitrogen and oxygen atoms in total. The summed E-state index contributed by atoms with van der Waals surface area (Å²) < 4.78 is 13.1. The van der Waals surface area contributed by atoms with E-state index in [4.69, 9.17) is 0 Å². The molecule has 0 aromatic heterocycles. The molecule has 0 heterocycles. The summed E-state index contributed by atoms with van der Waals surface area (Å²) in [5.74, 6) is -0.215. The fraction of sp³-hybridized carbons (Fsp3) is 0.462. The molecule has 1 aromatic rings. The Morgan fingerprint density at radius 2 is 1.53 bits per heavy atom. The minimum absolute atomic E-state index is 0.0671. The molecule has 15 heavy (non-hydrogen) atoms. The Kier molecular flexibility index (Phi) is 2.98. The van der Waals surface area contributed by atoms with Gasteiger partial charge in [-0.05, 0) is 37.1 Å². The highest BCUT2D eigenvalue weighted by Crippen LogP contribution is 2.26. The Balaban J connectivity index is 3.33. The average Bonchev–Trinajstić information content (AvgIpc) is 1.99. The summed E-state index contributed by atoms with van der Waals surface area (Å²) >= 11 is 0. The maximum absolute atomic E-state index is 13.1.